The average Bonchev–Trinajstić information content (AvgIpc) is 2.69. The molecule has 2 heterocycles. The number of aromatic nitrogens is 3. The zero-order chi connectivity index (χ0) is 18.1. The molecule has 128 valence electrons. The molecule has 4 rings (SSSR count). The van der Waals surface area contributed by atoms with Crippen molar-refractivity contribution in [2.45, 2.75) is 0 Å². The molecular formula is C20H13F2N3O. The van der Waals surface area contributed by atoms with Crippen molar-refractivity contribution in [3.8, 4) is 28.5 Å². The van der Waals surface area contributed by atoms with E-state index in [1.807, 2.05) is 24.3 Å². The van der Waals surface area contributed by atoms with Gasteiger partial charge in [0.05, 0.1) is 18.3 Å². The highest BCUT2D eigenvalue weighted by Gasteiger charge is 2.14. The van der Waals surface area contributed by atoms with Gasteiger partial charge >= 0.3 is 0 Å². The normalized spacial score (nSPS) is 10.9. The van der Waals surface area contributed by atoms with Crippen LogP contribution in [0.5, 0.6) is 5.75 Å². The van der Waals surface area contributed by atoms with Crippen LogP contribution in [0.1, 0.15) is 0 Å². The highest BCUT2D eigenvalue weighted by Crippen LogP contribution is 2.31. The van der Waals surface area contributed by atoms with E-state index in [-0.39, 0.29) is 5.75 Å². The molecule has 26 heavy (non-hydrogen) atoms. The van der Waals surface area contributed by atoms with Crippen LogP contribution in [-0.2, 0) is 0 Å². The van der Waals surface area contributed by atoms with Gasteiger partial charge in [-0.05, 0) is 24.3 Å². The van der Waals surface area contributed by atoms with Crippen LogP contribution in [0.3, 0.4) is 0 Å². The van der Waals surface area contributed by atoms with Crippen molar-refractivity contribution in [1.82, 2.24) is 15.0 Å². The van der Waals surface area contributed by atoms with E-state index in [9.17, 15) is 8.78 Å². The van der Waals surface area contributed by atoms with Crippen molar-refractivity contribution in [3.63, 3.8) is 0 Å². The molecule has 0 N–H and O–H groups in total. The van der Waals surface area contributed by atoms with Crippen LogP contribution < -0.4 is 4.74 Å². The Morgan fingerprint density at radius 3 is 2.46 bits per heavy atom. The second-order valence-electron chi connectivity index (χ2n) is 5.63. The molecule has 0 aliphatic carbocycles. The van der Waals surface area contributed by atoms with Gasteiger partial charge < -0.3 is 4.74 Å². The lowest BCUT2D eigenvalue weighted by Crippen LogP contribution is -1.97. The summed E-state index contributed by atoms with van der Waals surface area (Å²) in [4.78, 5) is 13.4. The lowest BCUT2D eigenvalue weighted by Gasteiger charge is -2.10. The Bertz CT molecular complexity index is 1120. The van der Waals surface area contributed by atoms with Gasteiger partial charge in [-0.2, -0.15) is 0 Å². The summed E-state index contributed by atoms with van der Waals surface area (Å²) in [5.74, 6) is -1.28. The van der Waals surface area contributed by atoms with Gasteiger partial charge in [-0.25, -0.2) is 23.7 Å². The number of hydrogen-bond donors (Lipinski definition) is 0. The van der Waals surface area contributed by atoms with Gasteiger partial charge in [-0.1, -0.05) is 24.3 Å². The second-order valence-corrected chi connectivity index (χ2v) is 5.63. The third kappa shape index (κ3) is 2.86. The Morgan fingerprint density at radius 1 is 0.846 bits per heavy atom. The molecule has 0 unspecified atom stereocenters. The Hall–Kier alpha value is -3.41. The highest BCUT2D eigenvalue weighted by molar-refractivity contribution is 5.79. The molecule has 0 aliphatic heterocycles. The van der Waals surface area contributed by atoms with Gasteiger partial charge in [-0.3, -0.25) is 0 Å². The van der Waals surface area contributed by atoms with Crippen LogP contribution >= 0.6 is 0 Å². The number of para-hydroxylation sites is 1. The fourth-order valence-electron chi connectivity index (χ4n) is 2.70. The molecule has 4 nitrogen and oxygen atoms in total. The first-order valence-electron chi connectivity index (χ1n) is 7.88. The molecule has 0 atom stereocenters. The first kappa shape index (κ1) is 16.1. The summed E-state index contributed by atoms with van der Waals surface area (Å²) < 4.78 is 32.3. The summed E-state index contributed by atoms with van der Waals surface area (Å²) in [5.41, 5.74) is 2.12. The summed E-state index contributed by atoms with van der Waals surface area (Å²) in [6, 6.07) is 14.9. The first-order chi connectivity index (χ1) is 12.7. The molecule has 0 saturated carbocycles. The van der Waals surface area contributed by atoms with Crippen molar-refractivity contribution in [2.75, 3.05) is 7.11 Å². The van der Waals surface area contributed by atoms with E-state index in [2.05, 4.69) is 15.0 Å². The van der Waals surface area contributed by atoms with Crippen molar-refractivity contribution >= 4 is 10.9 Å². The van der Waals surface area contributed by atoms with E-state index in [4.69, 9.17) is 4.74 Å². The minimum Gasteiger partial charge on any atom is -0.496 e. The van der Waals surface area contributed by atoms with Gasteiger partial charge in [0, 0.05) is 23.2 Å². The van der Waals surface area contributed by atoms with E-state index in [0.717, 1.165) is 23.0 Å². The Kier molecular flexibility index (Phi) is 4.01. The fraction of sp³-hybridized carbons (Fsp3) is 0.0500. The highest BCUT2D eigenvalue weighted by atomic mass is 19.2. The molecule has 4 aromatic rings. The summed E-state index contributed by atoms with van der Waals surface area (Å²) in [6.07, 6.45) is 1.73. The molecule has 0 radical (unpaired) electrons. The Morgan fingerprint density at radius 2 is 1.62 bits per heavy atom. The number of fused-ring (bicyclic) bond motifs is 1. The van der Waals surface area contributed by atoms with Crippen molar-refractivity contribution in [2.24, 2.45) is 0 Å². The fourth-order valence-corrected chi connectivity index (χ4v) is 2.70. The smallest absolute Gasteiger partial charge is 0.178 e. The van der Waals surface area contributed by atoms with Gasteiger partial charge in [0.15, 0.2) is 17.5 Å². The number of nitrogens with zero attached hydrogens (tertiary/aromatic N) is 3. The molecule has 2 aromatic carbocycles. The summed E-state index contributed by atoms with van der Waals surface area (Å²) in [5, 5.41) is 0.926. The van der Waals surface area contributed by atoms with Gasteiger partial charge in [-0.15, -0.1) is 0 Å². The maximum atomic E-state index is 13.7. The lowest BCUT2D eigenvalue weighted by atomic mass is 10.1. The number of hydrogen-bond acceptors (Lipinski definition) is 4. The van der Waals surface area contributed by atoms with Crippen LogP contribution in [0.25, 0.3) is 33.7 Å². The number of methoxy groups -OCH3 is 1. The van der Waals surface area contributed by atoms with Crippen LogP contribution in [-0.4, -0.2) is 22.1 Å². The number of pyridine rings is 1. The van der Waals surface area contributed by atoms with Crippen molar-refractivity contribution in [3.05, 3.63) is 72.4 Å². The standard InChI is InChI=1S/C20H13F2N3O/c1-26-19-10-15(22)14(21)9-13(19)17-7-4-8-18(24-17)20-23-11-12-5-2-3-6-16(12)25-20/h2-11H,1H3. The average molecular weight is 349 g/mol. The van der Waals surface area contributed by atoms with E-state index in [1.165, 1.54) is 7.11 Å². The van der Waals surface area contributed by atoms with E-state index in [0.29, 0.717) is 22.8 Å². The lowest BCUT2D eigenvalue weighted by molar-refractivity contribution is 0.408. The van der Waals surface area contributed by atoms with E-state index in [1.54, 1.807) is 24.4 Å². The van der Waals surface area contributed by atoms with Crippen molar-refractivity contribution in [1.29, 1.82) is 0 Å². The maximum absolute atomic E-state index is 13.7. The molecule has 0 saturated heterocycles. The Balaban J connectivity index is 1.83. The van der Waals surface area contributed by atoms with Crippen LogP contribution in [0, 0.1) is 11.6 Å². The van der Waals surface area contributed by atoms with E-state index >= 15 is 0 Å². The van der Waals surface area contributed by atoms with E-state index < -0.39 is 11.6 Å². The summed E-state index contributed by atoms with van der Waals surface area (Å²) >= 11 is 0. The third-order valence-electron chi connectivity index (χ3n) is 3.99. The predicted octanol–water partition coefficient (Wildman–Crippen LogP) is 4.65. The van der Waals surface area contributed by atoms with Crippen molar-refractivity contribution < 1.29 is 13.5 Å². The maximum Gasteiger partial charge on any atom is 0.178 e. The van der Waals surface area contributed by atoms with Gasteiger partial charge in [0.1, 0.15) is 11.4 Å². The number of halogens is 2. The largest absolute Gasteiger partial charge is 0.496 e. The minimum absolute atomic E-state index is 0.202. The topological polar surface area (TPSA) is 47.9 Å². The molecule has 0 aliphatic rings. The quantitative estimate of drug-likeness (QED) is 0.540. The monoisotopic (exact) mass is 349 g/mol. The van der Waals surface area contributed by atoms with Crippen LogP contribution in [0.15, 0.2) is 60.8 Å². The molecule has 0 fully saturated rings. The second kappa shape index (κ2) is 6.48. The first-order valence-corrected chi connectivity index (χ1v) is 7.88. The molecule has 6 heteroatoms. The third-order valence-corrected chi connectivity index (χ3v) is 3.99. The number of rotatable bonds is 3. The molecule has 0 amide bonds. The SMILES string of the molecule is COc1cc(F)c(F)cc1-c1cccc(-c2ncc3ccccc3n2)n1. The Labute approximate surface area is 148 Å². The molecule has 2 aromatic heterocycles. The van der Waals surface area contributed by atoms with Gasteiger partial charge in [0.25, 0.3) is 0 Å². The van der Waals surface area contributed by atoms with Crippen LogP contribution in [0.4, 0.5) is 8.78 Å². The van der Waals surface area contributed by atoms with Gasteiger partial charge in [0.2, 0.25) is 0 Å². The zero-order valence-corrected chi connectivity index (χ0v) is 13.8. The zero-order valence-electron chi connectivity index (χ0n) is 13.8. The summed E-state index contributed by atoms with van der Waals surface area (Å²) in [6.45, 7) is 0. The molecule has 0 spiro atoms. The number of ether oxygens (including phenoxy) is 1. The minimum atomic E-state index is -0.973. The number of benzene rings is 2. The molecule has 0 bridgehead atoms. The van der Waals surface area contributed by atoms with Crippen LogP contribution in [0.2, 0.25) is 0 Å². The predicted molar refractivity (Wildman–Crippen MR) is 94.7 cm³/mol. The molecular weight excluding hydrogens is 336 g/mol. The summed E-state index contributed by atoms with van der Waals surface area (Å²) in [7, 11) is 1.40.